The van der Waals surface area contributed by atoms with Crippen molar-refractivity contribution in [2.24, 2.45) is 0 Å². The highest BCUT2D eigenvalue weighted by Crippen LogP contribution is 2.32. The normalized spacial score (nSPS) is 23.6. The first-order valence-corrected chi connectivity index (χ1v) is 9.07. The van der Waals surface area contributed by atoms with Gasteiger partial charge < -0.3 is 14.5 Å². The van der Waals surface area contributed by atoms with Crippen LogP contribution < -0.4 is 0 Å². The Morgan fingerprint density at radius 2 is 2.09 bits per heavy atom. The minimum absolute atomic E-state index is 0.160. The van der Waals surface area contributed by atoms with E-state index in [4.69, 9.17) is 4.74 Å². The predicted octanol–water partition coefficient (Wildman–Crippen LogP) is 2.36. The van der Waals surface area contributed by atoms with Gasteiger partial charge in [0.05, 0.1) is 13.1 Å². The monoisotopic (exact) mass is 334 g/mol. The molecule has 1 aromatic rings. The predicted molar refractivity (Wildman–Crippen MR) is 90.3 cm³/mol. The molecule has 0 saturated carbocycles. The molecule has 0 unspecified atom stereocenters. The van der Waals surface area contributed by atoms with E-state index in [1.807, 2.05) is 23.1 Å². The van der Waals surface area contributed by atoms with E-state index in [0.29, 0.717) is 26.1 Å². The van der Waals surface area contributed by atoms with Gasteiger partial charge in [0, 0.05) is 37.9 Å². The molecule has 2 aliphatic rings. The number of likely N-dealkylation sites (tertiary alicyclic amines) is 1. The number of benzene rings is 1. The number of rotatable bonds is 5. The third-order valence-electron chi connectivity index (χ3n) is 4.38. The van der Waals surface area contributed by atoms with E-state index in [1.54, 1.807) is 23.7 Å². The Morgan fingerprint density at radius 3 is 2.78 bits per heavy atom. The van der Waals surface area contributed by atoms with Crippen LogP contribution in [0.1, 0.15) is 18.4 Å². The number of amides is 2. The molecule has 0 aromatic heterocycles. The fourth-order valence-corrected chi connectivity index (χ4v) is 4.04. The maximum absolute atomic E-state index is 12.3. The molecule has 1 spiro atoms. The van der Waals surface area contributed by atoms with Crippen LogP contribution in [0, 0.1) is 0 Å². The zero-order chi connectivity index (χ0) is 16.3. The number of ether oxygens (including phenoxy) is 1. The molecule has 0 N–H and O–H groups in total. The zero-order valence-electron chi connectivity index (χ0n) is 13.4. The lowest BCUT2D eigenvalue weighted by Gasteiger charge is -2.21. The molecule has 0 radical (unpaired) electrons. The Hall–Kier alpha value is -1.69. The van der Waals surface area contributed by atoms with Crippen molar-refractivity contribution in [1.82, 2.24) is 9.80 Å². The third kappa shape index (κ3) is 3.80. The van der Waals surface area contributed by atoms with Crippen LogP contribution in [0.2, 0.25) is 0 Å². The van der Waals surface area contributed by atoms with Crippen molar-refractivity contribution in [3.8, 4) is 0 Å². The summed E-state index contributed by atoms with van der Waals surface area (Å²) in [5.41, 5.74) is 0.810. The second kappa shape index (κ2) is 6.83. The van der Waals surface area contributed by atoms with Gasteiger partial charge in [-0.3, -0.25) is 4.79 Å². The molecule has 1 aromatic carbocycles. The van der Waals surface area contributed by atoms with E-state index < -0.39 is 5.60 Å². The molecule has 3 rings (SSSR count). The van der Waals surface area contributed by atoms with Gasteiger partial charge in [-0.1, -0.05) is 30.3 Å². The number of carbonyl (C=O) groups excluding carboxylic acids is 2. The highest BCUT2D eigenvalue weighted by Gasteiger charge is 2.49. The van der Waals surface area contributed by atoms with Crippen molar-refractivity contribution in [1.29, 1.82) is 0 Å². The van der Waals surface area contributed by atoms with Crippen LogP contribution in [0.4, 0.5) is 4.79 Å². The van der Waals surface area contributed by atoms with Gasteiger partial charge in [0.2, 0.25) is 5.91 Å². The maximum Gasteiger partial charge on any atom is 0.410 e. The smallest absolute Gasteiger partial charge is 0.410 e. The minimum Gasteiger partial charge on any atom is -0.439 e. The molecule has 2 aliphatic heterocycles. The molecule has 2 saturated heterocycles. The molecule has 2 amide bonds. The van der Waals surface area contributed by atoms with Crippen molar-refractivity contribution in [3.05, 3.63) is 35.9 Å². The summed E-state index contributed by atoms with van der Waals surface area (Å²) in [6, 6.07) is 10.3. The van der Waals surface area contributed by atoms with Gasteiger partial charge in [-0.2, -0.15) is 11.8 Å². The molecule has 23 heavy (non-hydrogen) atoms. The fraction of sp³-hybridized carbons (Fsp3) is 0.529. The molecule has 124 valence electrons. The third-order valence-corrected chi connectivity index (χ3v) is 5.41. The molecule has 0 bridgehead atoms. The number of carbonyl (C=O) groups is 2. The first kappa shape index (κ1) is 16.2. The molecular weight excluding hydrogens is 312 g/mol. The van der Waals surface area contributed by atoms with Crippen LogP contribution in [0.5, 0.6) is 0 Å². The Morgan fingerprint density at radius 1 is 1.30 bits per heavy atom. The van der Waals surface area contributed by atoms with Gasteiger partial charge in [0.1, 0.15) is 0 Å². The number of likely N-dealkylation sites (N-methyl/N-ethyl adjacent to an activating group) is 1. The Balaban J connectivity index is 1.41. The van der Waals surface area contributed by atoms with E-state index in [9.17, 15) is 9.59 Å². The fourth-order valence-electron chi connectivity index (χ4n) is 3.14. The van der Waals surface area contributed by atoms with Crippen molar-refractivity contribution in [3.63, 3.8) is 0 Å². The van der Waals surface area contributed by atoms with Crippen molar-refractivity contribution < 1.29 is 14.3 Å². The average Bonchev–Trinajstić information content (AvgIpc) is 3.08. The Kier molecular flexibility index (Phi) is 4.80. The van der Waals surface area contributed by atoms with E-state index in [-0.39, 0.29) is 12.0 Å². The summed E-state index contributed by atoms with van der Waals surface area (Å²) in [6.07, 6.45) is 1.00. The standard InChI is InChI=1S/C17H22N2O3S/c1-18-12-17(22-16(18)21)8-9-19(13-17)15(20)7-10-23-11-14-5-3-2-4-6-14/h2-6H,7-13H2,1H3/t17-/m1/s1. The van der Waals surface area contributed by atoms with Crippen molar-refractivity contribution in [2.45, 2.75) is 24.2 Å². The summed E-state index contributed by atoms with van der Waals surface area (Å²) in [4.78, 5) is 27.3. The second-order valence-corrected chi connectivity index (χ2v) is 7.37. The van der Waals surface area contributed by atoms with Crippen LogP contribution in [0.25, 0.3) is 0 Å². The lowest BCUT2D eigenvalue weighted by molar-refractivity contribution is -0.130. The van der Waals surface area contributed by atoms with Crippen LogP contribution in [0.3, 0.4) is 0 Å². The summed E-state index contributed by atoms with van der Waals surface area (Å²) in [7, 11) is 1.74. The average molecular weight is 334 g/mol. The largest absolute Gasteiger partial charge is 0.439 e. The molecule has 6 heteroatoms. The SMILES string of the molecule is CN1C[C@@]2(CCN(C(=O)CCSCc3ccccc3)C2)OC1=O. The first-order valence-electron chi connectivity index (χ1n) is 7.92. The number of hydrogen-bond donors (Lipinski definition) is 0. The van der Waals surface area contributed by atoms with E-state index in [1.165, 1.54) is 5.56 Å². The van der Waals surface area contributed by atoms with Gasteiger partial charge in [-0.15, -0.1) is 0 Å². The van der Waals surface area contributed by atoms with Crippen LogP contribution in [0.15, 0.2) is 30.3 Å². The summed E-state index contributed by atoms with van der Waals surface area (Å²) < 4.78 is 5.47. The highest BCUT2D eigenvalue weighted by atomic mass is 32.2. The van der Waals surface area contributed by atoms with Crippen molar-refractivity contribution in [2.75, 3.05) is 32.4 Å². The molecular formula is C17H22N2O3S. The summed E-state index contributed by atoms with van der Waals surface area (Å²) in [6.45, 7) is 1.80. The molecule has 1 atom stereocenters. The summed E-state index contributed by atoms with van der Waals surface area (Å²) >= 11 is 1.78. The van der Waals surface area contributed by atoms with Crippen LogP contribution in [-0.2, 0) is 15.3 Å². The number of thioether (sulfide) groups is 1. The van der Waals surface area contributed by atoms with Gasteiger partial charge in [0.25, 0.3) is 0 Å². The quantitative estimate of drug-likeness (QED) is 0.776. The van der Waals surface area contributed by atoms with Crippen molar-refractivity contribution >= 4 is 23.8 Å². The van der Waals surface area contributed by atoms with Crippen LogP contribution >= 0.6 is 11.8 Å². The zero-order valence-corrected chi connectivity index (χ0v) is 14.2. The van der Waals surface area contributed by atoms with E-state index >= 15 is 0 Å². The van der Waals surface area contributed by atoms with Crippen LogP contribution in [-0.4, -0.2) is 59.8 Å². The topological polar surface area (TPSA) is 49.9 Å². The second-order valence-electron chi connectivity index (χ2n) is 6.26. The maximum atomic E-state index is 12.3. The minimum atomic E-state index is -0.474. The summed E-state index contributed by atoms with van der Waals surface area (Å²) in [5, 5.41) is 0. The van der Waals surface area contributed by atoms with Gasteiger partial charge in [0.15, 0.2) is 5.60 Å². The molecule has 2 fully saturated rings. The van der Waals surface area contributed by atoms with Gasteiger partial charge >= 0.3 is 6.09 Å². The Bertz CT molecular complexity index is 580. The molecule has 2 heterocycles. The van der Waals surface area contributed by atoms with Gasteiger partial charge in [-0.05, 0) is 5.56 Å². The number of hydrogen-bond acceptors (Lipinski definition) is 4. The Labute approximate surface area is 141 Å². The lowest BCUT2D eigenvalue weighted by Crippen LogP contribution is -2.39. The summed E-state index contributed by atoms with van der Waals surface area (Å²) in [5.74, 6) is 1.91. The van der Waals surface area contributed by atoms with Gasteiger partial charge in [-0.25, -0.2) is 4.79 Å². The molecule has 0 aliphatic carbocycles. The lowest BCUT2D eigenvalue weighted by atomic mass is 10.0. The molecule has 5 nitrogen and oxygen atoms in total. The van der Waals surface area contributed by atoms with E-state index in [0.717, 1.165) is 17.9 Å². The highest BCUT2D eigenvalue weighted by molar-refractivity contribution is 7.98. The first-order chi connectivity index (χ1) is 11.1. The van der Waals surface area contributed by atoms with E-state index in [2.05, 4.69) is 12.1 Å². The number of nitrogens with zero attached hydrogens (tertiary/aromatic N) is 2.